The summed E-state index contributed by atoms with van der Waals surface area (Å²) in [5, 5.41) is 39.0. The number of hydrogen-bond acceptors (Lipinski definition) is 6. The van der Waals surface area contributed by atoms with E-state index < -0.39 is 24.4 Å². The number of rotatable bonds is 9. The number of piperidine rings is 1. The zero-order chi connectivity index (χ0) is 18.2. The second kappa shape index (κ2) is 5.88. The van der Waals surface area contributed by atoms with Crippen LogP contribution in [0.25, 0.3) is 0 Å². The van der Waals surface area contributed by atoms with Gasteiger partial charge in [-0.3, -0.25) is 4.90 Å². The third-order valence-electron chi connectivity index (χ3n) is 8.67. The van der Waals surface area contributed by atoms with Gasteiger partial charge in [0.05, 0.1) is 25.4 Å². The topological polar surface area (TPSA) is 93.4 Å². The molecule has 4 saturated carbocycles. The summed E-state index contributed by atoms with van der Waals surface area (Å²) in [6.07, 6.45) is 5.67. The molecule has 5 rings (SSSR count). The Kier molecular flexibility index (Phi) is 4.03. The Morgan fingerprint density at radius 3 is 2.54 bits per heavy atom. The van der Waals surface area contributed by atoms with Crippen molar-refractivity contribution in [2.75, 3.05) is 32.9 Å². The first-order valence-electron chi connectivity index (χ1n) is 10.5. The van der Waals surface area contributed by atoms with E-state index in [9.17, 15) is 20.4 Å². The minimum atomic E-state index is -1.17. The van der Waals surface area contributed by atoms with Crippen molar-refractivity contribution in [2.45, 2.75) is 69.3 Å². The minimum Gasteiger partial charge on any atom is -0.395 e. The van der Waals surface area contributed by atoms with Crippen molar-refractivity contribution in [3.63, 3.8) is 0 Å². The molecule has 4 unspecified atom stereocenters. The lowest BCUT2D eigenvalue weighted by atomic mass is 9.94. The third-order valence-corrected chi connectivity index (χ3v) is 8.67. The van der Waals surface area contributed by atoms with Crippen LogP contribution in [0.4, 0.5) is 0 Å². The van der Waals surface area contributed by atoms with Crippen LogP contribution in [0, 0.1) is 22.2 Å². The van der Waals surface area contributed by atoms with Crippen molar-refractivity contribution >= 4 is 0 Å². The fourth-order valence-corrected chi connectivity index (χ4v) is 7.02. The average molecular weight is 367 g/mol. The zero-order valence-corrected chi connectivity index (χ0v) is 15.5. The van der Waals surface area contributed by atoms with Crippen LogP contribution < -0.4 is 0 Å². The SMILES string of the molecule is OC[C@@H]1[C@@H](O)[C@H](O)[C@@H](O)CN1CCCCCOCC12CC3CC34CC14C2. The van der Waals surface area contributed by atoms with E-state index in [0.29, 0.717) is 18.5 Å². The van der Waals surface area contributed by atoms with Gasteiger partial charge >= 0.3 is 0 Å². The lowest BCUT2D eigenvalue weighted by Gasteiger charge is -2.43. The number of ether oxygens (including phenoxy) is 1. The molecule has 5 fully saturated rings. The highest BCUT2D eigenvalue weighted by Crippen LogP contribution is 3.04. The summed E-state index contributed by atoms with van der Waals surface area (Å²) in [4.78, 5) is 1.90. The van der Waals surface area contributed by atoms with Gasteiger partial charge in [-0.05, 0) is 68.2 Å². The first kappa shape index (κ1) is 17.8. The molecule has 6 heteroatoms. The third kappa shape index (κ3) is 2.32. The van der Waals surface area contributed by atoms with Crippen molar-refractivity contribution in [2.24, 2.45) is 22.2 Å². The number of nitrogens with zero attached hydrogens (tertiary/aromatic N) is 1. The predicted octanol–water partition coefficient (Wildman–Crippen LogP) is 0.123. The van der Waals surface area contributed by atoms with E-state index in [1.807, 2.05) is 4.90 Å². The molecule has 4 aliphatic carbocycles. The van der Waals surface area contributed by atoms with Gasteiger partial charge in [0.25, 0.3) is 0 Å². The summed E-state index contributed by atoms with van der Waals surface area (Å²) in [5.41, 5.74) is 2.13. The number of hydrogen-bond donors (Lipinski definition) is 4. The van der Waals surface area contributed by atoms with Gasteiger partial charge in [-0.15, -0.1) is 0 Å². The van der Waals surface area contributed by atoms with Crippen LogP contribution in [0.3, 0.4) is 0 Å². The molecule has 5 aliphatic rings. The molecular formula is C20H33NO5. The summed E-state index contributed by atoms with van der Waals surface area (Å²) in [5.74, 6) is 1.05. The largest absolute Gasteiger partial charge is 0.395 e. The van der Waals surface area contributed by atoms with Crippen molar-refractivity contribution in [1.29, 1.82) is 0 Å². The molecule has 4 N–H and O–H groups in total. The highest BCUT2D eigenvalue weighted by molar-refractivity contribution is 5.46. The summed E-state index contributed by atoms with van der Waals surface area (Å²) >= 11 is 0. The molecule has 1 aliphatic heterocycles. The summed E-state index contributed by atoms with van der Waals surface area (Å²) in [6, 6.07) is -0.491. The Morgan fingerprint density at radius 1 is 1.00 bits per heavy atom. The van der Waals surface area contributed by atoms with E-state index in [-0.39, 0.29) is 6.61 Å². The van der Waals surface area contributed by atoms with Crippen molar-refractivity contribution in [3.8, 4) is 0 Å². The Bertz CT molecular complexity index is 574. The Morgan fingerprint density at radius 2 is 1.85 bits per heavy atom. The van der Waals surface area contributed by atoms with Gasteiger partial charge in [-0.25, -0.2) is 0 Å². The Balaban J connectivity index is 0.973. The van der Waals surface area contributed by atoms with E-state index in [1.54, 1.807) is 0 Å². The monoisotopic (exact) mass is 367 g/mol. The maximum Gasteiger partial charge on any atom is 0.109 e. The van der Waals surface area contributed by atoms with Crippen LogP contribution in [0.5, 0.6) is 0 Å². The average Bonchev–Trinajstić information content (AvgIpc) is 3.53. The van der Waals surface area contributed by atoms with Gasteiger partial charge in [-0.2, -0.15) is 0 Å². The Hall–Kier alpha value is -0.240. The van der Waals surface area contributed by atoms with Gasteiger partial charge in [0.15, 0.2) is 0 Å². The van der Waals surface area contributed by atoms with Crippen LogP contribution in [-0.4, -0.2) is 82.6 Å². The van der Waals surface area contributed by atoms with Crippen LogP contribution in [-0.2, 0) is 4.74 Å². The molecule has 0 aromatic heterocycles. The van der Waals surface area contributed by atoms with E-state index in [1.165, 1.54) is 25.7 Å². The van der Waals surface area contributed by atoms with Gasteiger partial charge in [-0.1, -0.05) is 0 Å². The molecule has 148 valence electrons. The molecule has 6 nitrogen and oxygen atoms in total. The molecule has 8 atom stereocenters. The molecule has 0 aromatic rings. The fraction of sp³-hybridized carbons (Fsp3) is 1.00. The molecule has 2 spiro atoms. The predicted molar refractivity (Wildman–Crippen MR) is 94.4 cm³/mol. The number of aliphatic hydroxyl groups excluding tert-OH is 4. The minimum absolute atomic E-state index is 0.208. The number of unbranched alkanes of at least 4 members (excludes halogenated alkanes) is 2. The summed E-state index contributed by atoms with van der Waals surface area (Å²) in [7, 11) is 0. The molecular weight excluding hydrogens is 334 g/mol. The molecule has 1 saturated heterocycles. The number of aliphatic hydroxyl groups is 4. The van der Waals surface area contributed by atoms with E-state index in [0.717, 1.165) is 49.2 Å². The van der Waals surface area contributed by atoms with Crippen LogP contribution in [0.15, 0.2) is 0 Å². The van der Waals surface area contributed by atoms with Crippen LogP contribution in [0.1, 0.15) is 44.9 Å². The van der Waals surface area contributed by atoms with Gasteiger partial charge in [0.1, 0.15) is 12.2 Å². The highest BCUT2D eigenvalue weighted by atomic mass is 16.5. The molecule has 26 heavy (non-hydrogen) atoms. The van der Waals surface area contributed by atoms with E-state index in [4.69, 9.17) is 4.74 Å². The molecule has 0 aromatic carbocycles. The second-order valence-corrected chi connectivity index (χ2v) is 9.88. The van der Waals surface area contributed by atoms with Gasteiger partial charge in [0, 0.05) is 18.6 Å². The highest BCUT2D eigenvalue weighted by Gasteiger charge is 2.98. The van der Waals surface area contributed by atoms with Crippen molar-refractivity contribution < 1.29 is 25.2 Å². The van der Waals surface area contributed by atoms with Gasteiger partial charge < -0.3 is 25.2 Å². The van der Waals surface area contributed by atoms with Gasteiger partial charge in [0.2, 0.25) is 0 Å². The molecule has 1 heterocycles. The molecule has 0 bridgehead atoms. The summed E-state index contributed by atoms with van der Waals surface area (Å²) in [6.45, 7) is 2.60. The van der Waals surface area contributed by atoms with Crippen molar-refractivity contribution in [1.82, 2.24) is 4.90 Å². The molecule has 0 radical (unpaired) electrons. The summed E-state index contributed by atoms with van der Waals surface area (Å²) < 4.78 is 6.04. The van der Waals surface area contributed by atoms with Crippen LogP contribution >= 0.6 is 0 Å². The Labute approximate surface area is 155 Å². The van der Waals surface area contributed by atoms with E-state index in [2.05, 4.69) is 0 Å². The quantitative estimate of drug-likeness (QED) is 0.433. The van der Waals surface area contributed by atoms with Crippen molar-refractivity contribution in [3.05, 3.63) is 0 Å². The lowest BCUT2D eigenvalue weighted by Crippen LogP contribution is -2.62. The van der Waals surface area contributed by atoms with E-state index >= 15 is 0 Å². The first-order chi connectivity index (χ1) is 12.5. The smallest absolute Gasteiger partial charge is 0.109 e. The maximum atomic E-state index is 10.00. The van der Waals surface area contributed by atoms with Crippen LogP contribution in [0.2, 0.25) is 0 Å². The maximum absolute atomic E-state index is 10.00. The molecule has 0 amide bonds. The number of likely N-dealkylation sites (tertiary alicyclic amines) is 1. The zero-order valence-electron chi connectivity index (χ0n) is 15.5. The first-order valence-corrected chi connectivity index (χ1v) is 10.5. The standard InChI is InChI=1S/C20H33NO5/c22-9-14-16(24)17(25)15(23)8-21(14)4-2-1-3-5-26-12-18-6-13-7-19(13)11-20(18,19)10-18/h13-17,22-25H,1-12H2/t13?,14-,15+,16-,17-,18?,19?,20?/m1/s1. The normalized spacial score (nSPS) is 53.8. The fourth-order valence-electron chi connectivity index (χ4n) is 7.02. The second-order valence-electron chi connectivity index (χ2n) is 9.88. The lowest BCUT2D eigenvalue weighted by molar-refractivity contribution is -0.145. The number of β-amino-alcohol motifs (C(OH)–C–C–N with tert-alkyl or cyclic N) is 1.